The predicted octanol–water partition coefficient (Wildman–Crippen LogP) is 3.30. The number of hydrogen-bond donors (Lipinski definition) is 2. The molecule has 1 amide bonds. The number of nitrogens with two attached hydrogens (primary N) is 1. The fourth-order valence-electron chi connectivity index (χ4n) is 2.47. The van der Waals surface area contributed by atoms with E-state index >= 15 is 0 Å². The van der Waals surface area contributed by atoms with Crippen molar-refractivity contribution in [2.75, 3.05) is 0 Å². The van der Waals surface area contributed by atoms with Gasteiger partial charge in [0.2, 0.25) is 0 Å². The summed E-state index contributed by atoms with van der Waals surface area (Å²) in [4.78, 5) is 24.3. The molecule has 1 fully saturated rings. The molecule has 0 aliphatic heterocycles. The van der Waals surface area contributed by atoms with Crippen molar-refractivity contribution in [3.05, 3.63) is 59.4 Å². The van der Waals surface area contributed by atoms with Crippen LogP contribution in [0, 0.1) is 0 Å². The summed E-state index contributed by atoms with van der Waals surface area (Å²) in [7, 11) is -4.16. The molecule has 1 saturated carbocycles. The molecule has 0 saturated heterocycles. The monoisotopic (exact) mass is 484 g/mol. The van der Waals surface area contributed by atoms with E-state index in [-0.39, 0.29) is 18.5 Å². The van der Waals surface area contributed by atoms with E-state index < -0.39 is 54.8 Å². The molecule has 0 unspecified atom stereocenters. The van der Waals surface area contributed by atoms with Crippen molar-refractivity contribution in [2.24, 2.45) is 5.73 Å². The first-order valence-electron chi connectivity index (χ1n) is 8.51. The van der Waals surface area contributed by atoms with Gasteiger partial charge in [-0.3, -0.25) is 14.6 Å². The first-order chi connectivity index (χ1) is 14.5. The summed E-state index contributed by atoms with van der Waals surface area (Å²) in [5, 5.41) is 8.93. The van der Waals surface area contributed by atoms with Crippen LogP contribution in [0.2, 0.25) is 0 Å². The molecule has 7 nitrogen and oxygen atoms in total. The Labute approximate surface area is 176 Å². The summed E-state index contributed by atoms with van der Waals surface area (Å²) in [5.74, 6) is -2.32. The number of primary amides is 1. The Hall–Kier alpha value is -3.16. The maximum atomic E-state index is 12.3. The first-order valence-corrected chi connectivity index (χ1v) is 9.99. The second-order valence-corrected chi connectivity index (χ2v) is 8.88. The molecule has 1 aromatic carbocycles. The number of carboxylic acid groups (broad SMARTS) is 1. The van der Waals surface area contributed by atoms with Gasteiger partial charge in [0.15, 0.2) is 14.6 Å². The van der Waals surface area contributed by atoms with Crippen LogP contribution in [0.1, 0.15) is 34.5 Å². The number of benzene rings is 1. The van der Waals surface area contributed by atoms with Gasteiger partial charge in [-0.05, 0) is 49.2 Å². The van der Waals surface area contributed by atoms with Gasteiger partial charge in [-0.1, -0.05) is 0 Å². The predicted molar refractivity (Wildman–Crippen MR) is 96.0 cm³/mol. The van der Waals surface area contributed by atoms with E-state index in [1.54, 1.807) is 0 Å². The Kier molecular flexibility index (Phi) is 6.60. The summed E-state index contributed by atoms with van der Waals surface area (Å²) in [6.07, 6.45) is -8.48. The van der Waals surface area contributed by atoms with E-state index in [0.717, 1.165) is 24.3 Å². The molecule has 1 aliphatic rings. The molecule has 0 radical (unpaired) electrons. The van der Waals surface area contributed by atoms with Gasteiger partial charge in [-0.25, -0.2) is 8.42 Å². The van der Waals surface area contributed by atoms with E-state index in [1.807, 2.05) is 0 Å². The van der Waals surface area contributed by atoms with Crippen molar-refractivity contribution in [2.45, 2.75) is 34.8 Å². The fraction of sp³-hybridized carbons (Fsp3) is 0.278. The highest BCUT2D eigenvalue weighted by atomic mass is 32.2. The molecule has 1 aromatic heterocycles. The van der Waals surface area contributed by atoms with Crippen LogP contribution in [0.5, 0.6) is 0 Å². The van der Waals surface area contributed by atoms with E-state index in [2.05, 4.69) is 4.98 Å². The van der Waals surface area contributed by atoms with Crippen LogP contribution < -0.4 is 5.73 Å². The SMILES string of the molecule is NC(=O)c1ccc(C(F)(F)F)cn1.O=C(O)C1(S(=O)(=O)c2ccc(C(F)(F)F)cc2)CC1. The summed E-state index contributed by atoms with van der Waals surface area (Å²) in [6.45, 7) is 0. The zero-order valence-electron chi connectivity index (χ0n) is 15.7. The Morgan fingerprint density at radius 2 is 1.38 bits per heavy atom. The molecular weight excluding hydrogens is 470 g/mol. The lowest BCUT2D eigenvalue weighted by Gasteiger charge is -2.12. The van der Waals surface area contributed by atoms with Gasteiger partial charge in [0.05, 0.1) is 16.0 Å². The number of carbonyl (C=O) groups excluding carboxylic acids is 1. The zero-order valence-corrected chi connectivity index (χ0v) is 16.6. The van der Waals surface area contributed by atoms with Crippen LogP contribution in [0.3, 0.4) is 0 Å². The molecule has 0 atom stereocenters. The zero-order chi connectivity index (χ0) is 24.5. The minimum Gasteiger partial charge on any atom is -0.480 e. The number of aromatic nitrogens is 1. The Balaban J connectivity index is 0.000000244. The summed E-state index contributed by atoms with van der Waals surface area (Å²) in [5.41, 5.74) is 2.72. The highest BCUT2D eigenvalue weighted by molar-refractivity contribution is 7.94. The maximum absolute atomic E-state index is 12.3. The minimum atomic E-state index is -4.56. The summed E-state index contributed by atoms with van der Waals surface area (Å²) >= 11 is 0. The van der Waals surface area contributed by atoms with Crippen LogP contribution in [0.15, 0.2) is 47.5 Å². The molecule has 2 aromatic rings. The molecule has 0 bridgehead atoms. The number of alkyl halides is 6. The van der Waals surface area contributed by atoms with Crippen molar-refractivity contribution >= 4 is 21.7 Å². The van der Waals surface area contributed by atoms with Crippen molar-refractivity contribution in [1.82, 2.24) is 4.98 Å². The van der Waals surface area contributed by atoms with E-state index in [9.17, 15) is 44.3 Å². The third-order valence-corrected chi connectivity index (χ3v) is 6.95. The fourth-order valence-corrected chi connectivity index (χ4v) is 4.28. The number of rotatable bonds is 4. The normalized spacial score (nSPS) is 15.3. The molecule has 14 heteroatoms. The van der Waals surface area contributed by atoms with Crippen LogP contribution >= 0.6 is 0 Å². The van der Waals surface area contributed by atoms with Crippen LogP contribution in [-0.2, 0) is 27.0 Å². The number of carboxylic acids is 1. The van der Waals surface area contributed by atoms with Gasteiger partial charge in [-0.2, -0.15) is 26.3 Å². The second-order valence-electron chi connectivity index (χ2n) is 6.62. The first kappa shape index (κ1) is 25.1. The molecule has 1 heterocycles. The third-order valence-electron chi connectivity index (χ3n) is 4.44. The quantitative estimate of drug-likeness (QED) is 0.642. The summed E-state index contributed by atoms with van der Waals surface area (Å²) in [6, 6.07) is 4.54. The number of pyridine rings is 1. The number of sulfone groups is 1. The van der Waals surface area contributed by atoms with E-state index in [4.69, 9.17) is 10.8 Å². The van der Waals surface area contributed by atoms with Gasteiger partial charge in [0, 0.05) is 6.20 Å². The van der Waals surface area contributed by atoms with Crippen LogP contribution in [0.25, 0.3) is 0 Å². The van der Waals surface area contributed by atoms with Crippen LogP contribution in [0.4, 0.5) is 26.3 Å². The highest BCUT2D eigenvalue weighted by Crippen LogP contribution is 2.47. The molecular formula is C18H14F6N2O5S. The molecule has 0 spiro atoms. The maximum Gasteiger partial charge on any atom is 0.417 e. The largest absolute Gasteiger partial charge is 0.480 e. The van der Waals surface area contributed by atoms with Crippen molar-refractivity contribution in [3.8, 4) is 0 Å². The number of aliphatic carboxylic acids is 1. The van der Waals surface area contributed by atoms with E-state index in [1.165, 1.54) is 0 Å². The Bertz CT molecular complexity index is 1110. The topological polar surface area (TPSA) is 127 Å². The standard InChI is InChI=1S/C11H9F3O4S.C7H5F3N2O/c12-11(13,14)7-1-3-8(4-2-7)19(17,18)10(5-6-10)9(15)16;8-7(9,10)4-1-2-5(6(11)13)12-3-4/h1-4H,5-6H2,(H,15,16);1-3H,(H2,11,13). The molecule has 3 rings (SSSR count). The van der Waals surface area contributed by atoms with Gasteiger partial charge >= 0.3 is 18.3 Å². The smallest absolute Gasteiger partial charge is 0.417 e. The van der Waals surface area contributed by atoms with Gasteiger partial charge in [-0.15, -0.1) is 0 Å². The number of amides is 1. The molecule has 1 aliphatic carbocycles. The molecule has 3 N–H and O–H groups in total. The van der Waals surface area contributed by atoms with Crippen molar-refractivity contribution in [3.63, 3.8) is 0 Å². The molecule has 32 heavy (non-hydrogen) atoms. The Morgan fingerprint density at radius 1 is 0.906 bits per heavy atom. The van der Waals surface area contributed by atoms with Gasteiger partial charge in [0.25, 0.3) is 5.91 Å². The van der Waals surface area contributed by atoms with Crippen molar-refractivity contribution in [1.29, 1.82) is 0 Å². The Morgan fingerprint density at radius 3 is 1.69 bits per heavy atom. The average molecular weight is 484 g/mol. The van der Waals surface area contributed by atoms with E-state index in [0.29, 0.717) is 18.3 Å². The summed E-state index contributed by atoms with van der Waals surface area (Å²) < 4.78 is 95.2. The van der Waals surface area contributed by atoms with Gasteiger partial charge < -0.3 is 10.8 Å². The van der Waals surface area contributed by atoms with Gasteiger partial charge in [0.1, 0.15) is 5.69 Å². The minimum absolute atomic E-state index is 0.0221. The number of halogens is 6. The lowest BCUT2D eigenvalue weighted by molar-refractivity contribution is -0.138. The second kappa shape index (κ2) is 8.41. The average Bonchev–Trinajstić information content (AvgIpc) is 3.50. The van der Waals surface area contributed by atoms with Crippen LogP contribution in [-0.4, -0.2) is 35.1 Å². The number of carbonyl (C=O) groups is 2. The lowest BCUT2D eigenvalue weighted by atomic mass is 10.2. The molecule has 174 valence electrons. The lowest BCUT2D eigenvalue weighted by Crippen LogP contribution is -2.32. The highest BCUT2D eigenvalue weighted by Gasteiger charge is 2.61. The number of nitrogens with zero attached hydrogens (tertiary/aromatic N) is 1. The number of hydrogen-bond acceptors (Lipinski definition) is 5. The van der Waals surface area contributed by atoms with Crippen molar-refractivity contribution < 1.29 is 49.5 Å². The third kappa shape index (κ3) is 5.18.